The zero-order valence-electron chi connectivity index (χ0n) is 19.2. The molecule has 0 aliphatic carbocycles. The number of rotatable bonds is 3. The van der Waals surface area contributed by atoms with Crippen LogP contribution in [0.5, 0.6) is 0 Å². The van der Waals surface area contributed by atoms with Crippen LogP contribution in [0.1, 0.15) is 28.7 Å². The number of fused-ring (bicyclic) bond motifs is 3. The number of hydrogen-bond donors (Lipinski definition) is 1. The highest BCUT2D eigenvalue weighted by Crippen LogP contribution is 2.34. The predicted molar refractivity (Wildman–Crippen MR) is 124 cm³/mol. The molecular weight excluding hydrogens is 402 g/mol. The van der Waals surface area contributed by atoms with Gasteiger partial charge >= 0.3 is 6.03 Å². The van der Waals surface area contributed by atoms with Gasteiger partial charge in [0, 0.05) is 25.8 Å². The van der Waals surface area contributed by atoms with Crippen LogP contribution in [-0.4, -0.2) is 65.3 Å². The molecule has 3 aliphatic heterocycles. The first kappa shape index (κ1) is 21.0. The number of carbonyl (C=O) groups is 2. The van der Waals surface area contributed by atoms with Crippen molar-refractivity contribution in [1.29, 1.82) is 0 Å². The number of anilines is 1. The molecular formula is C25H31N5O2. The molecule has 7 nitrogen and oxygen atoms in total. The van der Waals surface area contributed by atoms with Crippen LogP contribution >= 0.6 is 0 Å². The van der Waals surface area contributed by atoms with E-state index in [4.69, 9.17) is 0 Å². The second kappa shape index (κ2) is 7.90. The van der Waals surface area contributed by atoms with Gasteiger partial charge in [0.1, 0.15) is 18.5 Å². The highest BCUT2D eigenvalue weighted by Gasteiger charge is 2.56. The van der Waals surface area contributed by atoms with Crippen LogP contribution in [0.15, 0.2) is 42.5 Å². The van der Waals surface area contributed by atoms with Crippen LogP contribution in [0, 0.1) is 20.8 Å². The maximum Gasteiger partial charge on any atom is 0.328 e. The maximum atomic E-state index is 13.7. The van der Waals surface area contributed by atoms with Crippen LogP contribution in [0.3, 0.4) is 0 Å². The van der Waals surface area contributed by atoms with Gasteiger partial charge in [-0.15, -0.1) is 0 Å². The Labute approximate surface area is 189 Å². The number of hydrogen-bond acceptors (Lipinski definition) is 5. The molecule has 168 valence electrons. The van der Waals surface area contributed by atoms with E-state index in [0.29, 0.717) is 6.54 Å². The minimum absolute atomic E-state index is 0.111. The van der Waals surface area contributed by atoms with Crippen molar-refractivity contribution >= 4 is 17.6 Å². The fourth-order valence-electron chi connectivity index (χ4n) is 5.28. The van der Waals surface area contributed by atoms with E-state index in [1.54, 1.807) is 11.9 Å². The molecule has 3 heterocycles. The molecule has 0 saturated carbocycles. The summed E-state index contributed by atoms with van der Waals surface area (Å²) in [7, 11) is 1.80. The van der Waals surface area contributed by atoms with Crippen LogP contribution in [-0.2, 0) is 11.3 Å². The summed E-state index contributed by atoms with van der Waals surface area (Å²) in [6, 6.07) is 14.0. The van der Waals surface area contributed by atoms with E-state index in [1.165, 1.54) is 10.5 Å². The van der Waals surface area contributed by atoms with Crippen molar-refractivity contribution in [3.05, 3.63) is 64.7 Å². The topological polar surface area (TPSA) is 59.1 Å². The Kier molecular flexibility index (Phi) is 5.18. The summed E-state index contributed by atoms with van der Waals surface area (Å²) in [6.45, 7) is 8.19. The summed E-state index contributed by atoms with van der Waals surface area (Å²) in [5, 5.41) is 3.59. The van der Waals surface area contributed by atoms with Gasteiger partial charge in [0.25, 0.3) is 5.91 Å². The molecule has 3 fully saturated rings. The van der Waals surface area contributed by atoms with Gasteiger partial charge in [0.2, 0.25) is 0 Å². The molecule has 2 aromatic carbocycles. The molecule has 3 atom stereocenters. The first-order valence-electron chi connectivity index (χ1n) is 11.3. The summed E-state index contributed by atoms with van der Waals surface area (Å²) >= 11 is 0. The Bertz CT molecular complexity index is 1070. The summed E-state index contributed by atoms with van der Waals surface area (Å²) in [5.41, 5.74) is 5.58. The third-order valence-electron chi connectivity index (χ3n) is 7.04. The molecule has 2 aromatic rings. The number of aryl methyl sites for hydroxylation is 3. The largest absolute Gasteiger partial charge is 0.343 e. The quantitative estimate of drug-likeness (QED) is 0.807. The summed E-state index contributed by atoms with van der Waals surface area (Å²) < 4.78 is 0. The Morgan fingerprint density at radius 1 is 1.00 bits per heavy atom. The lowest BCUT2D eigenvalue weighted by Crippen LogP contribution is -2.66. The zero-order chi connectivity index (χ0) is 22.6. The van der Waals surface area contributed by atoms with Gasteiger partial charge in [-0.1, -0.05) is 35.9 Å². The SMILES string of the molecule is Cc1cccc(N2CCCN3C4C(=O)N(Cc5cc(C)ccc5C)C(=O)N(C)C4NC23)c1. The average molecular weight is 434 g/mol. The molecule has 3 aliphatic rings. The molecule has 3 unspecified atom stereocenters. The van der Waals surface area contributed by atoms with Crippen LogP contribution in [0.4, 0.5) is 10.5 Å². The maximum absolute atomic E-state index is 13.7. The average Bonchev–Trinajstić information content (AvgIpc) is 3.17. The number of nitrogens with one attached hydrogen (secondary N) is 1. The Hall–Kier alpha value is -2.90. The lowest BCUT2D eigenvalue weighted by Gasteiger charge is -2.44. The third kappa shape index (κ3) is 3.36. The molecule has 0 radical (unpaired) electrons. The van der Waals surface area contributed by atoms with E-state index in [9.17, 15) is 9.59 Å². The van der Waals surface area contributed by atoms with Crippen molar-refractivity contribution in [2.45, 2.75) is 52.2 Å². The van der Waals surface area contributed by atoms with Crippen molar-refractivity contribution in [2.75, 3.05) is 25.0 Å². The summed E-state index contributed by atoms with van der Waals surface area (Å²) in [5.74, 6) is -0.111. The molecule has 3 saturated heterocycles. The minimum atomic E-state index is -0.388. The van der Waals surface area contributed by atoms with Crippen LogP contribution < -0.4 is 10.2 Å². The van der Waals surface area contributed by atoms with Gasteiger partial charge in [0.05, 0.1) is 6.54 Å². The molecule has 0 spiro atoms. The molecule has 1 N–H and O–H groups in total. The Morgan fingerprint density at radius 3 is 2.56 bits per heavy atom. The molecule has 0 aromatic heterocycles. The minimum Gasteiger partial charge on any atom is -0.343 e. The van der Waals surface area contributed by atoms with Crippen LogP contribution in [0.25, 0.3) is 0 Å². The van der Waals surface area contributed by atoms with Gasteiger partial charge < -0.3 is 9.80 Å². The van der Waals surface area contributed by atoms with Gasteiger partial charge in [-0.25, -0.2) is 4.79 Å². The van der Waals surface area contributed by atoms with Gasteiger partial charge in [-0.3, -0.25) is 19.9 Å². The molecule has 3 amide bonds. The Balaban J connectivity index is 1.45. The van der Waals surface area contributed by atoms with E-state index >= 15 is 0 Å². The lowest BCUT2D eigenvalue weighted by atomic mass is 10.0. The standard InChI is InChI=1S/C25H31N5O2/c1-16-7-5-8-20(14-16)28-11-6-12-29-21-22(26-24(28)29)27(4)25(32)30(23(21)31)15-19-13-17(2)9-10-18(19)3/h5,7-10,13-14,21-22,24,26H,6,11-12,15H2,1-4H3. The number of imide groups is 1. The van der Waals surface area contributed by atoms with Gasteiger partial charge in [0.15, 0.2) is 0 Å². The van der Waals surface area contributed by atoms with E-state index in [-0.39, 0.29) is 30.4 Å². The second-order valence-electron chi connectivity index (χ2n) is 9.30. The van der Waals surface area contributed by atoms with Crippen molar-refractivity contribution < 1.29 is 9.59 Å². The van der Waals surface area contributed by atoms with E-state index in [2.05, 4.69) is 58.4 Å². The molecule has 7 heteroatoms. The summed E-state index contributed by atoms with van der Waals surface area (Å²) in [6.07, 6.45) is 0.526. The van der Waals surface area contributed by atoms with Gasteiger partial charge in [-0.05, 0) is 56.0 Å². The fourth-order valence-corrected chi connectivity index (χ4v) is 5.28. The number of likely N-dealkylation sites (N-methyl/N-ethyl adjacent to an activating group) is 1. The fraction of sp³-hybridized carbons (Fsp3) is 0.440. The number of benzene rings is 2. The second-order valence-corrected chi connectivity index (χ2v) is 9.30. The van der Waals surface area contributed by atoms with Crippen molar-refractivity contribution in [3.8, 4) is 0 Å². The van der Waals surface area contributed by atoms with Crippen molar-refractivity contribution in [3.63, 3.8) is 0 Å². The van der Waals surface area contributed by atoms with Gasteiger partial charge in [-0.2, -0.15) is 0 Å². The summed E-state index contributed by atoms with van der Waals surface area (Å²) in [4.78, 5) is 34.6. The first-order valence-corrected chi connectivity index (χ1v) is 11.3. The highest BCUT2D eigenvalue weighted by molar-refractivity contribution is 6.00. The number of urea groups is 1. The monoisotopic (exact) mass is 433 g/mol. The lowest BCUT2D eigenvalue weighted by molar-refractivity contribution is -0.139. The number of nitrogens with zero attached hydrogens (tertiary/aromatic N) is 4. The smallest absolute Gasteiger partial charge is 0.328 e. The first-order chi connectivity index (χ1) is 15.3. The molecule has 0 bridgehead atoms. The van der Waals surface area contributed by atoms with Crippen molar-refractivity contribution in [1.82, 2.24) is 20.0 Å². The van der Waals surface area contributed by atoms with E-state index in [1.807, 2.05) is 19.9 Å². The molecule has 5 rings (SSSR count). The number of carbonyl (C=O) groups excluding carboxylic acids is 2. The predicted octanol–water partition coefficient (Wildman–Crippen LogP) is 2.80. The highest BCUT2D eigenvalue weighted by atomic mass is 16.2. The molecule has 32 heavy (non-hydrogen) atoms. The number of amides is 3. The van der Waals surface area contributed by atoms with E-state index in [0.717, 1.165) is 41.9 Å². The zero-order valence-corrected chi connectivity index (χ0v) is 19.2. The third-order valence-corrected chi connectivity index (χ3v) is 7.04. The Morgan fingerprint density at radius 2 is 1.78 bits per heavy atom. The van der Waals surface area contributed by atoms with Crippen molar-refractivity contribution in [2.24, 2.45) is 0 Å². The van der Waals surface area contributed by atoms with E-state index < -0.39 is 0 Å². The van der Waals surface area contributed by atoms with Crippen LogP contribution in [0.2, 0.25) is 0 Å². The normalized spacial score (nSPS) is 25.9.